The number of nitrogens with zero attached hydrogens (tertiary/aromatic N) is 1. The molecule has 0 aliphatic carbocycles. The van der Waals surface area contributed by atoms with E-state index in [1.54, 1.807) is 36.4 Å². The third-order valence-corrected chi connectivity index (χ3v) is 4.95. The van der Waals surface area contributed by atoms with Crippen LogP contribution in [0.3, 0.4) is 0 Å². The van der Waals surface area contributed by atoms with Crippen molar-refractivity contribution < 1.29 is 23.8 Å². The molecule has 1 unspecified atom stereocenters. The van der Waals surface area contributed by atoms with Crippen LogP contribution in [0.25, 0.3) is 10.2 Å². The zero-order valence-electron chi connectivity index (χ0n) is 14.9. The number of nitrogen functional groups attached to an aromatic ring is 1. The van der Waals surface area contributed by atoms with E-state index < -0.39 is 18.0 Å². The molecule has 1 amide bonds. The molecule has 0 saturated heterocycles. The second-order valence-electron chi connectivity index (χ2n) is 6.13. The number of nitrogens with one attached hydrogen (secondary N) is 1. The molecule has 0 fully saturated rings. The Morgan fingerprint density at radius 2 is 1.96 bits per heavy atom. The number of rotatable bonds is 4. The molecule has 144 valence electrons. The van der Waals surface area contributed by atoms with Gasteiger partial charge in [-0.2, -0.15) is 0 Å². The average molecular weight is 399 g/mol. The SMILES string of the molecule is CC(OC(=O)c1ccc2nc(N)sc2c1)C(=O)Nc1ccc2c(c1)OCCO2. The van der Waals surface area contributed by atoms with Crippen molar-refractivity contribution in [1.82, 2.24) is 4.98 Å². The molecule has 2 heterocycles. The van der Waals surface area contributed by atoms with Crippen LogP contribution < -0.4 is 20.5 Å². The highest BCUT2D eigenvalue weighted by Crippen LogP contribution is 2.32. The fraction of sp³-hybridized carbons (Fsp3) is 0.211. The van der Waals surface area contributed by atoms with E-state index in [0.29, 0.717) is 46.6 Å². The molecule has 0 saturated carbocycles. The van der Waals surface area contributed by atoms with E-state index in [-0.39, 0.29) is 0 Å². The second kappa shape index (κ2) is 7.35. The lowest BCUT2D eigenvalue weighted by molar-refractivity contribution is -0.123. The molecule has 2 aromatic carbocycles. The van der Waals surface area contributed by atoms with Gasteiger partial charge in [0.15, 0.2) is 22.7 Å². The van der Waals surface area contributed by atoms with Gasteiger partial charge in [0, 0.05) is 11.8 Å². The standard InChI is InChI=1S/C19H17N3O5S/c1-10(17(23)21-12-3-5-14-15(9-12)26-7-6-25-14)27-18(24)11-2-4-13-16(8-11)28-19(20)22-13/h2-5,8-10H,6-7H2,1H3,(H2,20,22)(H,21,23). The predicted octanol–water partition coefficient (Wildman–Crippen LogP) is 2.83. The molecule has 1 aliphatic rings. The van der Waals surface area contributed by atoms with Crippen LogP contribution >= 0.6 is 11.3 Å². The highest BCUT2D eigenvalue weighted by molar-refractivity contribution is 7.22. The molecule has 3 N–H and O–H groups in total. The van der Waals surface area contributed by atoms with Crippen molar-refractivity contribution in [2.45, 2.75) is 13.0 Å². The van der Waals surface area contributed by atoms with Crippen LogP contribution in [0.2, 0.25) is 0 Å². The lowest BCUT2D eigenvalue weighted by Gasteiger charge is -2.19. The molecule has 8 nitrogen and oxygen atoms in total. The fourth-order valence-electron chi connectivity index (χ4n) is 2.72. The van der Waals surface area contributed by atoms with Gasteiger partial charge in [0.2, 0.25) is 0 Å². The summed E-state index contributed by atoms with van der Waals surface area (Å²) in [6, 6.07) is 10.0. The largest absolute Gasteiger partial charge is 0.486 e. The molecular weight excluding hydrogens is 382 g/mol. The van der Waals surface area contributed by atoms with Gasteiger partial charge in [-0.05, 0) is 37.3 Å². The number of thiazole rings is 1. The number of carbonyl (C=O) groups excluding carboxylic acids is 2. The summed E-state index contributed by atoms with van der Waals surface area (Å²) in [5, 5.41) is 3.13. The Kier molecular flexibility index (Phi) is 4.74. The van der Waals surface area contributed by atoms with Crippen LogP contribution in [-0.2, 0) is 9.53 Å². The van der Waals surface area contributed by atoms with Crippen molar-refractivity contribution in [1.29, 1.82) is 0 Å². The van der Waals surface area contributed by atoms with Gasteiger partial charge in [-0.25, -0.2) is 9.78 Å². The van der Waals surface area contributed by atoms with E-state index in [9.17, 15) is 9.59 Å². The molecule has 0 bridgehead atoms. The number of hydrogen-bond donors (Lipinski definition) is 2. The summed E-state index contributed by atoms with van der Waals surface area (Å²) < 4.78 is 17.0. The maximum atomic E-state index is 12.4. The van der Waals surface area contributed by atoms with Gasteiger partial charge in [0.05, 0.1) is 15.8 Å². The van der Waals surface area contributed by atoms with Crippen molar-refractivity contribution in [3.05, 3.63) is 42.0 Å². The normalized spacial score (nSPS) is 13.8. The van der Waals surface area contributed by atoms with Crippen LogP contribution in [0.1, 0.15) is 17.3 Å². The van der Waals surface area contributed by atoms with E-state index in [0.717, 1.165) is 4.70 Å². The number of nitrogens with two attached hydrogens (primary N) is 1. The minimum Gasteiger partial charge on any atom is -0.486 e. The first-order valence-corrected chi connectivity index (χ1v) is 9.39. The lowest BCUT2D eigenvalue weighted by Crippen LogP contribution is -2.30. The summed E-state index contributed by atoms with van der Waals surface area (Å²) in [5.74, 6) is 0.139. The van der Waals surface area contributed by atoms with Gasteiger partial charge in [-0.3, -0.25) is 4.79 Å². The molecule has 0 spiro atoms. The Labute approximate surface area is 164 Å². The van der Waals surface area contributed by atoms with Crippen LogP contribution in [0.5, 0.6) is 11.5 Å². The Hall–Kier alpha value is -3.33. The monoisotopic (exact) mass is 399 g/mol. The number of benzene rings is 2. The predicted molar refractivity (Wildman–Crippen MR) is 105 cm³/mol. The van der Waals surface area contributed by atoms with Gasteiger partial charge in [0.1, 0.15) is 13.2 Å². The van der Waals surface area contributed by atoms with Crippen molar-refractivity contribution in [2.24, 2.45) is 0 Å². The Bertz CT molecular complexity index is 1060. The number of fused-ring (bicyclic) bond motifs is 2. The summed E-state index contributed by atoms with van der Waals surface area (Å²) in [6.07, 6.45) is -0.983. The van der Waals surface area contributed by atoms with Crippen molar-refractivity contribution in [2.75, 3.05) is 24.3 Å². The first-order chi connectivity index (χ1) is 13.5. The summed E-state index contributed by atoms with van der Waals surface area (Å²) in [4.78, 5) is 28.9. The molecule has 1 aliphatic heterocycles. The van der Waals surface area contributed by atoms with Crippen molar-refractivity contribution in [3.8, 4) is 11.5 Å². The Morgan fingerprint density at radius 3 is 2.79 bits per heavy atom. The summed E-state index contributed by atoms with van der Waals surface area (Å²) in [6.45, 7) is 2.45. The van der Waals surface area contributed by atoms with E-state index in [4.69, 9.17) is 19.9 Å². The number of anilines is 2. The highest BCUT2D eigenvalue weighted by atomic mass is 32.1. The molecule has 1 atom stereocenters. The fourth-order valence-corrected chi connectivity index (χ4v) is 3.49. The maximum Gasteiger partial charge on any atom is 0.338 e. The third-order valence-electron chi connectivity index (χ3n) is 4.10. The van der Waals surface area contributed by atoms with Crippen LogP contribution in [0.4, 0.5) is 10.8 Å². The average Bonchev–Trinajstić information content (AvgIpc) is 3.06. The number of ether oxygens (including phenoxy) is 3. The number of aromatic nitrogens is 1. The van der Waals surface area contributed by atoms with E-state index in [1.165, 1.54) is 18.3 Å². The molecule has 4 rings (SSSR count). The summed E-state index contributed by atoms with van der Waals surface area (Å²) in [5.41, 5.74) is 7.24. The number of hydrogen-bond acceptors (Lipinski definition) is 8. The summed E-state index contributed by atoms with van der Waals surface area (Å²) in [7, 11) is 0. The van der Waals surface area contributed by atoms with Crippen LogP contribution in [0.15, 0.2) is 36.4 Å². The van der Waals surface area contributed by atoms with Gasteiger partial charge in [0.25, 0.3) is 5.91 Å². The Morgan fingerprint density at radius 1 is 1.18 bits per heavy atom. The zero-order chi connectivity index (χ0) is 19.7. The van der Waals surface area contributed by atoms with Gasteiger partial charge in [-0.15, -0.1) is 0 Å². The quantitative estimate of drug-likeness (QED) is 0.649. The second-order valence-corrected chi connectivity index (χ2v) is 7.19. The minimum atomic E-state index is -0.983. The smallest absolute Gasteiger partial charge is 0.338 e. The molecule has 28 heavy (non-hydrogen) atoms. The van der Waals surface area contributed by atoms with E-state index in [2.05, 4.69) is 10.3 Å². The number of carbonyl (C=O) groups is 2. The third kappa shape index (κ3) is 3.70. The Balaban J connectivity index is 1.41. The van der Waals surface area contributed by atoms with Crippen molar-refractivity contribution in [3.63, 3.8) is 0 Å². The molecule has 9 heteroatoms. The number of amides is 1. The zero-order valence-corrected chi connectivity index (χ0v) is 15.7. The first kappa shape index (κ1) is 18.1. The van der Waals surface area contributed by atoms with Gasteiger partial charge >= 0.3 is 5.97 Å². The van der Waals surface area contributed by atoms with Crippen molar-refractivity contribution >= 4 is 44.2 Å². The molecule has 0 radical (unpaired) electrons. The molecule has 3 aromatic rings. The van der Waals surface area contributed by atoms with Gasteiger partial charge < -0.3 is 25.3 Å². The van der Waals surface area contributed by atoms with E-state index in [1.807, 2.05) is 0 Å². The van der Waals surface area contributed by atoms with Crippen LogP contribution in [-0.4, -0.2) is 36.2 Å². The number of esters is 1. The van der Waals surface area contributed by atoms with Gasteiger partial charge in [-0.1, -0.05) is 11.3 Å². The van der Waals surface area contributed by atoms with E-state index >= 15 is 0 Å². The highest BCUT2D eigenvalue weighted by Gasteiger charge is 2.21. The molecular formula is C19H17N3O5S. The maximum absolute atomic E-state index is 12.4. The molecule has 1 aromatic heterocycles. The lowest BCUT2D eigenvalue weighted by atomic mass is 10.2. The minimum absolute atomic E-state index is 0.329. The topological polar surface area (TPSA) is 113 Å². The summed E-state index contributed by atoms with van der Waals surface area (Å²) >= 11 is 1.28. The van der Waals surface area contributed by atoms with Crippen LogP contribution in [0, 0.1) is 0 Å². The first-order valence-electron chi connectivity index (χ1n) is 8.57.